The van der Waals surface area contributed by atoms with E-state index in [2.05, 4.69) is 29.4 Å². The Labute approximate surface area is 171 Å². The molecule has 0 spiro atoms. The van der Waals surface area contributed by atoms with Crippen molar-refractivity contribution >= 4 is 38.0 Å². The summed E-state index contributed by atoms with van der Waals surface area (Å²) in [6.07, 6.45) is 0. The van der Waals surface area contributed by atoms with E-state index in [0.717, 1.165) is 37.7 Å². The second kappa shape index (κ2) is 7.29. The van der Waals surface area contributed by atoms with Gasteiger partial charge in [-0.05, 0) is 33.7 Å². The van der Waals surface area contributed by atoms with Crippen molar-refractivity contribution in [2.24, 2.45) is 5.16 Å². The number of nitro benzene ring substituents is 1. The van der Waals surface area contributed by atoms with Gasteiger partial charge in [-0.3, -0.25) is 10.1 Å². The summed E-state index contributed by atoms with van der Waals surface area (Å²) in [5.41, 5.74) is 0.00982. The van der Waals surface area contributed by atoms with Gasteiger partial charge in [-0.1, -0.05) is 78.0 Å². The number of nitro groups is 1. The maximum atomic E-state index is 10.9. The molecule has 0 radical (unpaired) electrons. The minimum atomic E-state index is -0.440. The summed E-state index contributed by atoms with van der Waals surface area (Å²) in [6, 6.07) is 30.4. The van der Waals surface area contributed by atoms with Crippen molar-refractivity contribution in [3.8, 4) is 5.75 Å². The molecule has 30 heavy (non-hydrogen) atoms. The second-order valence-electron chi connectivity index (χ2n) is 6.92. The first-order valence-corrected chi connectivity index (χ1v) is 9.50. The van der Waals surface area contributed by atoms with Crippen LogP contribution in [0.3, 0.4) is 0 Å². The lowest BCUT2D eigenvalue weighted by Gasteiger charge is -2.00. The van der Waals surface area contributed by atoms with Crippen LogP contribution >= 0.6 is 0 Å². The third kappa shape index (κ3) is 3.02. The van der Waals surface area contributed by atoms with Gasteiger partial charge in [-0.15, -0.1) is 0 Å². The van der Waals surface area contributed by atoms with E-state index in [1.54, 1.807) is 12.1 Å². The number of nitrogens with zero attached hydrogens (tertiary/aromatic N) is 2. The van der Waals surface area contributed by atoms with Crippen molar-refractivity contribution in [1.29, 1.82) is 0 Å². The molecule has 0 aliphatic carbocycles. The maximum absolute atomic E-state index is 10.9. The van der Waals surface area contributed by atoms with E-state index in [1.165, 1.54) is 12.1 Å². The lowest BCUT2D eigenvalue weighted by atomic mass is 10.1. The van der Waals surface area contributed by atoms with E-state index in [-0.39, 0.29) is 5.69 Å². The molecule has 0 fully saturated rings. The highest BCUT2D eigenvalue weighted by Crippen LogP contribution is 2.28. The molecule has 0 N–H and O–H groups in total. The summed E-state index contributed by atoms with van der Waals surface area (Å²) >= 11 is 0. The minimum Gasteiger partial charge on any atom is -0.356 e. The monoisotopic (exact) mass is 392 g/mol. The summed E-state index contributed by atoms with van der Waals surface area (Å²) in [5.74, 6) is 0.435. The fourth-order valence-corrected chi connectivity index (χ4v) is 3.77. The second-order valence-corrected chi connectivity index (χ2v) is 6.92. The van der Waals surface area contributed by atoms with Crippen molar-refractivity contribution in [2.45, 2.75) is 0 Å². The van der Waals surface area contributed by atoms with E-state index in [0.29, 0.717) is 5.75 Å². The molecule has 0 aliphatic heterocycles. The lowest BCUT2D eigenvalue weighted by Crippen LogP contribution is -2.05. The maximum Gasteiger partial charge on any atom is 0.269 e. The largest absolute Gasteiger partial charge is 0.356 e. The molecule has 0 bridgehead atoms. The molecule has 144 valence electrons. The summed E-state index contributed by atoms with van der Waals surface area (Å²) in [6.45, 7) is 0. The molecule has 0 heterocycles. The van der Waals surface area contributed by atoms with Crippen LogP contribution in [0.1, 0.15) is 0 Å². The van der Waals surface area contributed by atoms with Gasteiger partial charge < -0.3 is 4.84 Å². The lowest BCUT2D eigenvalue weighted by molar-refractivity contribution is -0.384. The van der Waals surface area contributed by atoms with E-state index in [4.69, 9.17) is 4.84 Å². The Hall–Kier alpha value is -4.25. The van der Waals surface area contributed by atoms with E-state index >= 15 is 0 Å². The molecule has 5 heteroatoms. The molecule has 5 aromatic carbocycles. The summed E-state index contributed by atoms with van der Waals surface area (Å²) in [7, 11) is 0. The minimum absolute atomic E-state index is 0.00982. The zero-order chi connectivity index (χ0) is 20.5. The highest BCUT2D eigenvalue weighted by molar-refractivity contribution is 6.16. The van der Waals surface area contributed by atoms with Crippen LogP contribution in [-0.2, 0) is 0 Å². The average Bonchev–Trinajstić information content (AvgIpc) is 2.91. The molecule has 0 aliphatic rings. The van der Waals surface area contributed by atoms with Crippen LogP contribution in [0.25, 0.3) is 32.3 Å². The Morgan fingerprint density at radius 3 is 1.43 bits per heavy atom. The van der Waals surface area contributed by atoms with Crippen LogP contribution in [-0.4, -0.2) is 4.92 Å². The molecule has 0 unspecified atom stereocenters. The zero-order valence-electron chi connectivity index (χ0n) is 15.9. The van der Waals surface area contributed by atoms with E-state index in [1.807, 2.05) is 48.5 Å². The Kier molecular flexibility index (Phi) is 4.33. The Balaban J connectivity index is 1.83. The molecule has 0 atom stereocenters. The van der Waals surface area contributed by atoms with Crippen molar-refractivity contribution in [2.75, 3.05) is 0 Å². The Morgan fingerprint density at radius 1 is 0.600 bits per heavy atom. The van der Waals surface area contributed by atoms with Gasteiger partial charge in [0.15, 0.2) is 5.75 Å². The fraction of sp³-hybridized carbons (Fsp3) is 0. The van der Waals surface area contributed by atoms with Crippen LogP contribution in [0.15, 0.2) is 102 Å². The number of benzene rings is 4. The van der Waals surface area contributed by atoms with Crippen molar-refractivity contribution < 1.29 is 9.76 Å². The van der Waals surface area contributed by atoms with Crippen LogP contribution in [0.4, 0.5) is 5.69 Å². The van der Waals surface area contributed by atoms with Gasteiger partial charge in [0.05, 0.1) is 4.92 Å². The van der Waals surface area contributed by atoms with Crippen LogP contribution in [0.2, 0.25) is 0 Å². The fourth-order valence-electron chi connectivity index (χ4n) is 3.77. The van der Waals surface area contributed by atoms with E-state index in [9.17, 15) is 10.1 Å². The molecule has 0 saturated heterocycles. The molecular formula is C25H16N2O3. The van der Waals surface area contributed by atoms with E-state index < -0.39 is 4.92 Å². The van der Waals surface area contributed by atoms with Gasteiger partial charge in [0.1, 0.15) is 5.36 Å². The predicted molar refractivity (Wildman–Crippen MR) is 118 cm³/mol. The molecule has 0 amide bonds. The number of non-ortho nitro benzene ring substituents is 1. The highest BCUT2D eigenvalue weighted by atomic mass is 16.6. The number of rotatable bonds is 3. The number of fused-ring (bicyclic) bond motifs is 5. The van der Waals surface area contributed by atoms with Gasteiger partial charge in [0.2, 0.25) is 0 Å². The van der Waals surface area contributed by atoms with Crippen molar-refractivity contribution in [1.82, 2.24) is 0 Å². The van der Waals surface area contributed by atoms with Crippen LogP contribution < -0.4 is 10.2 Å². The van der Waals surface area contributed by atoms with Crippen LogP contribution in [0.5, 0.6) is 5.75 Å². The van der Waals surface area contributed by atoms with Crippen LogP contribution in [0, 0.1) is 10.1 Å². The normalized spacial score (nSPS) is 10.9. The average molecular weight is 392 g/mol. The summed E-state index contributed by atoms with van der Waals surface area (Å²) < 4.78 is 0. The standard InChI is InChI=1S/C25H16N2O3/c28-27(29)17-13-15-18(16-14-17)30-26-25-23-11-5-3-9-21(23)19-7-1-2-8-20(19)22-10-4-6-12-24(22)25/h1-16H. The SMILES string of the molecule is O=[N+]([O-])c1ccc(ON=c2c3ccccc3c3ccccc3c3ccccc23)cc1. The van der Waals surface area contributed by atoms with Gasteiger partial charge in [-0.2, -0.15) is 0 Å². The smallest absolute Gasteiger partial charge is 0.269 e. The van der Waals surface area contributed by atoms with Gasteiger partial charge in [0.25, 0.3) is 5.69 Å². The molecule has 5 aromatic rings. The summed E-state index contributed by atoms with van der Waals surface area (Å²) in [4.78, 5) is 16.1. The zero-order valence-corrected chi connectivity index (χ0v) is 15.9. The molecule has 0 aromatic heterocycles. The highest BCUT2D eigenvalue weighted by Gasteiger charge is 2.08. The Morgan fingerprint density at radius 2 is 1.00 bits per heavy atom. The molecular weight excluding hydrogens is 376 g/mol. The first kappa shape index (κ1) is 17.8. The summed E-state index contributed by atoms with van der Waals surface area (Å²) in [5, 5.41) is 22.5. The molecule has 5 nitrogen and oxygen atoms in total. The van der Waals surface area contributed by atoms with Crippen molar-refractivity contribution in [3.63, 3.8) is 0 Å². The number of hydrogen-bond donors (Lipinski definition) is 0. The topological polar surface area (TPSA) is 64.7 Å². The van der Waals surface area contributed by atoms with Crippen molar-refractivity contribution in [3.05, 3.63) is 113 Å². The first-order valence-electron chi connectivity index (χ1n) is 9.50. The predicted octanol–water partition coefficient (Wildman–Crippen LogP) is 5.95. The number of hydrogen-bond acceptors (Lipinski definition) is 4. The van der Waals surface area contributed by atoms with Gasteiger partial charge in [0, 0.05) is 22.9 Å². The Bertz CT molecular complexity index is 1410. The molecule has 0 saturated carbocycles. The van der Waals surface area contributed by atoms with Gasteiger partial charge >= 0.3 is 0 Å². The van der Waals surface area contributed by atoms with Gasteiger partial charge in [-0.25, -0.2) is 0 Å². The first-order chi connectivity index (χ1) is 14.7. The third-order valence-corrected chi connectivity index (χ3v) is 5.16. The third-order valence-electron chi connectivity index (χ3n) is 5.16. The quantitative estimate of drug-likeness (QED) is 0.281. The molecule has 5 rings (SSSR count).